The Morgan fingerprint density at radius 1 is 0.857 bits per heavy atom. The summed E-state index contributed by atoms with van der Waals surface area (Å²) in [5.41, 5.74) is 1.69. The molecule has 0 amide bonds. The topological polar surface area (TPSA) is 58.5 Å². The Balaban J connectivity index is 1.59. The molecule has 2 aromatic rings. The second kappa shape index (κ2) is 12.3. The number of rotatable bonds is 9. The zero-order valence-electron chi connectivity index (χ0n) is 20.1. The van der Waals surface area contributed by atoms with E-state index in [0.717, 1.165) is 23.3 Å². The number of ether oxygens (including phenoxy) is 4. The number of oxime groups is 1. The normalized spacial score (nSPS) is 25.4. The molecule has 1 heterocycles. The van der Waals surface area contributed by atoms with Crippen LogP contribution in [0, 0.1) is 0 Å². The third-order valence-corrected chi connectivity index (χ3v) is 5.64. The fourth-order valence-electron chi connectivity index (χ4n) is 3.83. The maximum Gasteiger partial charge on any atom is 0.416 e. The number of alkyl halides is 3. The SMILES string of the molecule is CCOC1C(OC)C(C)O[C@@H](ON=Cc2ccc(/C=C/c3ccc(C(F)(F)F)cc3)cc2)C1OC. The van der Waals surface area contributed by atoms with Gasteiger partial charge in [0.25, 0.3) is 6.29 Å². The standard InChI is InChI=1S/C26H30F3NO5/c1-5-33-23-22(31-3)17(2)34-25(24(23)32-4)35-30-16-20-10-8-18(9-11-20)6-7-19-12-14-21(15-13-19)26(27,28)29/h6-17,22-25H,5H2,1-4H3/b7-6+,30-16?/t17?,22?,23?,24?,25-/m0/s1. The molecule has 4 unspecified atom stereocenters. The molecule has 35 heavy (non-hydrogen) atoms. The number of hydrogen-bond acceptors (Lipinski definition) is 6. The minimum Gasteiger partial charge on any atom is -0.376 e. The van der Waals surface area contributed by atoms with Crippen molar-refractivity contribution in [2.24, 2.45) is 5.16 Å². The summed E-state index contributed by atoms with van der Waals surface area (Å²) in [5, 5.41) is 4.06. The van der Waals surface area contributed by atoms with E-state index in [4.69, 9.17) is 23.8 Å². The van der Waals surface area contributed by atoms with Gasteiger partial charge in [-0.2, -0.15) is 13.2 Å². The van der Waals surface area contributed by atoms with Crippen molar-refractivity contribution < 1.29 is 37.0 Å². The van der Waals surface area contributed by atoms with Gasteiger partial charge in [0, 0.05) is 20.8 Å². The molecule has 3 rings (SSSR count). The van der Waals surface area contributed by atoms with Crippen LogP contribution in [0.4, 0.5) is 13.2 Å². The number of nitrogens with zero attached hydrogens (tertiary/aromatic N) is 1. The van der Waals surface area contributed by atoms with E-state index < -0.39 is 24.1 Å². The lowest BCUT2D eigenvalue weighted by Crippen LogP contribution is -2.59. The largest absolute Gasteiger partial charge is 0.416 e. The molecule has 1 saturated heterocycles. The lowest BCUT2D eigenvalue weighted by atomic mass is 9.99. The highest BCUT2D eigenvalue weighted by atomic mass is 19.4. The van der Waals surface area contributed by atoms with E-state index in [-0.39, 0.29) is 18.3 Å². The van der Waals surface area contributed by atoms with Crippen LogP contribution in [0.3, 0.4) is 0 Å². The Labute approximate surface area is 203 Å². The zero-order valence-corrected chi connectivity index (χ0v) is 20.1. The van der Waals surface area contributed by atoms with Crippen LogP contribution in [-0.4, -0.2) is 57.7 Å². The van der Waals surface area contributed by atoms with Crippen molar-refractivity contribution in [1.82, 2.24) is 0 Å². The molecule has 1 fully saturated rings. The highest BCUT2D eigenvalue weighted by molar-refractivity contribution is 5.80. The van der Waals surface area contributed by atoms with Crippen LogP contribution in [0.2, 0.25) is 0 Å². The number of methoxy groups -OCH3 is 2. The van der Waals surface area contributed by atoms with Gasteiger partial charge in [-0.25, -0.2) is 0 Å². The summed E-state index contributed by atoms with van der Waals surface area (Å²) in [6.45, 7) is 4.27. The molecule has 0 radical (unpaired) electrons. The van der Waals surface area contributed by atoms with Crippen LogP contribution < -0.4 is 0 Å². The van der Waals surface area contributed by atoms with Gasteiger partial charge in [-0.05, 0) is 42.7 Å². The molecule has 1 aliphatic heterocycles. The van der Waals surface area contributed by atoms with Crippen molar-refractivity contribution in [2.75, 3.05) is 20.8 Å². The predicted octanol–water partition coefficient (Wildman–Crippen LogP) is 5.41. The minimum atomic E-state index is -4.34. The first kappa shape index (κ1) is 26.9. The molecule has 0 bridgehead atoms. The fraction of sp³-hybridized carbons (Fsp3) is 0.423. The van der Waals surface area contributed by atoms with E-state index >= 15 is 0 Å². The molecule has 0 aliphatic carbocycles. The monoisotopic (exact) mass is 493 g/mol. The van der Waals surface area contributed by atoms with Gasteiger partial charge in [0.05, 0.1) is 17.9 Å². The number of hydrogen-bond donors (Lipinski definition) is 0. The molecule has 5 atom stereocenters. The third kappa shape index (κ3) is 7.14. The van der Waals surface area contributed by atoms with E-state index in [2.05, 4.69) is 5.16 Å². The van der Waals surface area contributed by atoms with Gasteiger partial charge in [-0.3, -0.25) is 0 Å². The van der Waals surface area contributed by atoms with Gasteiger partial charge in [0.1, 0.15) is 12.2 Å². The molecule has 9 heteroatoms. The highest BCUT2D eigenvalue weighted by Crippen LogP contribution is 2.30. The van der Waals surface area contributed by atoms with E-state index in [1.807, 2.05) is 44.2 Å². The van der Waals surface area contributed by atoms with Crippen LogP contribution in [0.5, 0.6) is 0 Å². The summed E-state index contributed by atoms with van der Waals surface area (Å²) in [6.07, 6.45) is -1.44. The van der Waals surface area contributed by atoms with Gasteiger partial charge in [-0.15, -0.1) is 0 Å². The average molecular weight is 494 g/mol. The molecule has 0 N–H and O–H groups in total. The predicted molar refractivity (Wildman–Crippen MR) is 127 cm³/mol. The van der Waals surface area contributed by atoms with E-state index in [1.165, 1.54) is 12.1 Å². The zero-order chi connectivity index (χ0) is 25.4. The molecule has 0 spiro atoms. The van der Waals surface area contributed by atoms with E-state index in [1.54, 1.807) is 26.5 Å². The van der Waals surface area contributed by atoms with Crippen LogP contribution in [0.25, 0.3) is 12.2 Å². The smallest absolute Gasteiger partial charge is 0.376 e. The van der Waals surface area contributed by atoms with Crippen LogP contribution >= 0.6 is 0 Å². The summed E-state index contributed by atoms with van der Waals surface area (Å²) in [7, 11) is 3.16. The first-order valence-electron chi connectivity index (χ1n) is 11.2. The Morgan fingerprint density at radius 2 is 1.40 bits per heavy atom. The molecular weight excluding hydrogens is 463 g/mol. The van der Waals surface area contributed by atoms with Gasteiger partial charge in [-0.1, -0.05) is 53.7 Å². The quantitative estimate of drug-likeness (QED) is 0.266. The third-order valence-electron chi connectivity index (χ3n) is 5.64. The number of benzene rings is 2. The Morgan fingerprint density at radius 3 is 1.91 bits per heavy atom. The summed E-state index contributed by atoms with van der Waals surface area (Å²) >= 11 is 0. The fourth-order valence-corrected chi connectivity index (χ4v) is 3.83. The van der Waals surface area contributed by atoms with E-state index in [0.29, 0.717) is 12.2 Å². The molecule has 6 nitrogen and oxygen atoms in total. The Hall–Kier alpha value is -2.72. The van der Waals surface area contributed by atoms with Gasteiger partial charge in [0.2, 0.25) is 0 Å². The Kier molecular flexibility index (Phi) is 9.45. The van der Waals surface area contributed by atoms with Crippen LogP contribution in [0.1, 0.15) is 36.1 Å². The maximum absolute atomic E-state index is 12.7. The van der Waals surface area contributed by atoms with Gasteiger partial charge in [0.15, 0.2) is 6.10 Å². The summed E-state index contributed by atoms with van der Waals surface area (Å²) in [4.78, 5) is 5.59. The lowest BCUT2D eigenvalue weighted by molar-refractivity contribution is -0.308. The first-order valence-corrected chi connectivity index (χ1v) is 11.2. The Bertz CT molecular complexity index is 976. The molecule has 0 saturated carbocycles. The van der Waals surface area contributed by atoms with Gasteiger partial charge >= 0.3 is 6.18 Å². The van der Waals surface area contributed by atoms with E-state index in [9.17, 15) is 13.2 Å². The first-order chi connectivity index (χ1) is 16.8. The molecule has 1 aliphatic rings. The summed E-state index contributed by atoms with van der Waals surface area (Å²) in [5.74, 6) is 0. The summed E-state index contributed by atoms with van der Waals surface area (Å²) in [6, 6.07) is 12.4. The summed E-state index contributed by atoms with van der Waals surface area (Å²) < 4.78 is 60.8. The van der Waals surface area contributed by atoms with Crippen molar-refractivity contribution in [3.8, 4) is 0 Å². The maximum atomic E-state index is 12.7. The van der Waals surface area contributed by atoms with Crippen molar-refractivity contribution in [1.29, 1.82) is 0 Å². The average Bonchev–Trinajstić information content (AvgIpc) is 2.83. The van der Waals surface area contributed by atoms with Crippen LogP contribution in [-0.2, 0) is 30.0 Å². The molecule has 2 aromatic carbocycles. The van der Waals surface area contributed by atoms with Crippen molar-refractivity contribution >= 4 is 18.4 Å². The van der Waals surface area contributed by atoms with Crippen molar-refractivity contribution in [2.45, 2.75) is 50.7 Å². The van der Waals surface area contributed by atoms with Crippen LogP contribution in [0.15, 0.2) is 53.7 Å². The molecule has 0 aromatic heterocycles. The second-order valence-corrected chi connectivity index (χ2v) is 7.99. The minimum absolute atomic E-state index is 0.279. The highest BCUT2D eigenvalue weighted by Gasteiger charge is 2.47. The molecular formula is C26H30F3NO5. The number of halogens is 3. The lowest BCUT2D eigenvalue weighted by Gasteiger charge is -2.42. The second-order valence-electron chi connectivity index (χ2n) is 7.99. The van der Waals surface area contributed by atoms with Crippen molar-refractivity contribution in [3.05, 3.63) is 70.8 Å². The van der Waals surface area contributed by atoms with Crippen molar-refractivity contribution in [3.63, 3.8) is 0 Å². The van der Waals surface area contributed by atoms with Gasteiger partial charge < -0.3 is 23.8 Å². The molecule has 190 valence electrons.